The molecule has 112 valence electrons. The molecule has 0 aliphatic carbocycles. The minimum absolute atomic E-state index is 0.179. The molecule has 0 aliphatic rings. The van der Waals surface area contributed by atoms with Crippen LogP contribution in [0.15, 0.2) is 42.5 Å². The van der Waals surface area contributed by atoms with E-state index < -0.39 is 17.0 Å². The van der Waals surface area contributed by atoms with Crippen LogP contribution in [0.4, 0.5) is 8.78 Å². The van der Waals surface area contributed by atoms with Crippen LogP contribution in [0.5, 0.6) is 0 Å². The molecule has 0 amide bonds. The number of benzene rings is 2. The molecule has 5 heteroatoms. The first kappa shape index (κ1) is 15.9. The fourth-order valence-electron chi connectivity index (χ4n) is 2.29. The fraction of sp³-hybridized carbons (Fsp3) is 0.250. The van der Waals surface area contributed by atoms with Crippen LogP contribution in [-0.2, 0) is 11.8 Å². The molecule has 0 fully saturated rings. The van der Waals surface area contributed by atoms with Gasteiger partial charge in [-0.2, -0.15) is 0 Å². The number of rotatable bonds is 5. The molecule has 0 bridgehead atoms. The first-order valence-corrected chi connectivity index (χ1v) is 6.80. The maximum Gasteiger partial charge on any atom is 0.159 e. The van der Waals surface area contributed by atoms with Gasteiger partial charge in [0.15, 0.2) is 11.6 Å². The molecule has 0 saturated heterocycles. The van der Waals surface area contributed by atoms with Crippen molar-refractivity contribution in [3.63, 3.8) is 0 Å². The fourth-order valence-corrected chi connectivity index (χ4v) is 2.42. The van der Waals surface area contributed by atoms with Crippen LogP contribution >= 0.6 is 11.6 Å². The van der Waals surface area contributed by atoms with Gasteiger partial charge in [-0.1, -0.05) is 29.8 Å². The standard InChI is InChI=1S/C16H15ClF2O2/c17-13-4-2-12(3-5-13)16(9-20,10-21)8-11-1-6-14(18)15(19)7-11/h1-7,20-21H,8-10H2. The molecule has 2 N–H and O–H groups in total. The predicted molar refractivity (Wildman–Crippen MR) is 77.4 cm³/mol. The van der Waals surface area contributed by atoms with Crippen molar-refractivity contribution in [1.29, 1.82) is 0 Å². The Morgan fingerprint density at radius 3 is 2.05 bits per heavy atom. The quantitative estimate of drug-likeness (QED) is 0.891. The van der Waals surface area contributed by atoms with Crippen LogP contribution in [0.1, 0.15) is 11.1 Å². The van der Waals surface area contributed by atoms with E-state index in [-0.39, 0.29) is 19.6 Å². The molecule has 0 radical (unpaired) electrons. The molecule has 2 rings (SSSR count). The summed E-state index contributed by atoms with van der Waals surface area (Å²) < 4.78 is 26.3. The summed E-state index contributed by atoms with van der Waals surface area (Å²) >= 11 is 5.83. The van der Waals surface area contributed by atoms with E-state index in [2.05, 4.69) is 0 Å². The Bertz CT molecular complexity index is 610. The Labute approximate surface area is 126 Å². The maximum atomic E-state index is 13.3. The third-order valence-corrected chi connectivity index (χ3v) is 3.84. The molecule has 2 aromatic rings. The van der Waals surface area contributed by atoms with E-state index >= 15 is 0 Å². The Morgan fingerprint density at radius 2 is 1.52 bits per heavy atom. The molecular weight excluding hydrogens is 298 g/mol. The predicted octanol–water partition coefficient (Wildman–Crippen LogP) is 3.08. The van der Waals surface area contributed by atoms with E-state index in [1.807, 2.05) is 0 Å². The highest BCUT2D eigenvalue weighted by Gasteiger charge is 2.31. The molecule has 2 aromatic carbocycles. The van der Waals surface area contributed by atoms with Gasteiger partial charge >= 0.3 is 0 Å². The van der Waals surface area contributed by atoms with Crippen molar-refractivity contribution in [1.82, 2.24) is 0 Å². The molecule has 0 unspecified atom stereocenters. The van der Waals surface area contributed by atoms with Crippen molar-refractivity contribution >= 4 is 11.6 Å². The second-order valence-corrected chi connectivity index (χ2v) is 5.47. The molecule has 0 aliphatic heterocycles. The molecule has 0 heterocycles. The van der Waals surface area contributed by atoms with Crippen molar-refractivity contribution in [3.05, 3.63) is 70.2 Å². The number of halogens is 3. The van der Waals surface area contributed by atoms with Crippen LogP contribution < -0.4 is 0 Å². The molecular formula is C16H15ClF2O2. The zero-order chi connectivity index (χ0) is 15.5. The minimum atomic E-state index is -0.977. The van der Waals surface area contributed by atoms with E-state index in [1.165, 1.54) is 6.07 Å². The Hall–Kier alpha value is -1.49. The third kappa shape index (κ3) is 3.40. The summed E-state index contributed by atoms with van der Waals surface area (Å²) in [6, 6.07) is 10.3. The lowest BCUT2D eigenvalue weighted by atomic mass is 9.77. The summed E-state index contributed by atoms with van der Waals surface area (Å²) in [5.41, 5.74) is 0.197. The molecule has 0 aromatic heterocycles. The summed E-state index contributed by atoms with van der Waals surface area (Å²) in [7, 11) is 0. The Kier molecular flexibility index (Phi) is 4.93. The number of hydrogen-bond acceptors (Lipinski definition) is 2. The topological polar surface area (TPSA) is 40.5 Å². The summed E-state index contributed by atoms with van der Waals surface area (Å²) in [6.45, 7) is -0.658. The average molecular weight is 313 g/mol. The van der Waals surface area contributed by atoms with Crippen LogP contribution in [0.2, 0.25) is 5.02 Å². The van der Waals surface area contributed by atoms with E-state index in [0.717, 1.165) is 12.1 Å². The third-order valence-electron chi connectivity index (χ3n) is 3.59. The second kappa shape index (κ2) is 6.52. The Morgan fingerprint density at radius 1 is 0.905 bits per heavy atom. The van der Waals surface area contributed by atoms with E-state index in [1.54, 1.807) is 24.3 Å². The maximum absolute atomic E-state index is 13.3. The van der Waals surface area contributed by atoms with E-state index in [9.17, 15) is 19.0 Å². The summed E-state index contributed by atoms with van der Waals surface area (Å²) in [6.07, 6.45) is 0.179. The van der Waals surface area contributed by atoms with Crippen LogP contribution in [0, 0.1) is 11.6 Å². The lowest BCUT2D eigenvalue weighted by Gasteiger charge is -2.30. The monoisotopic (exact) mass is 312 g/mol. The van der Waals surface area contributed by atoms with Gasteiger partial charge in [-0.3, -0.25) is 0 Å². The minimum Gasteiger partial charge on any atom is -0.395 e. The number of aliphatic hydroxyl groups is 2. The highest BCUT2D eigenvalue weighted by Crippen LogP contribution is 2.29. The van der Waals surface area contributed by atoms with Crippen molar-refractivity contribution < 1.29 is 19.0 Å². The lowest BCUT2D eigenvalue weighted by molar-refractivity contribution is 0.116. The summed E-state index contributed by atoms with van der Waals surface area (Å²) in [5, 5.41) is 20.0. The van der Waals surface area contributed by atoms with Gasteiger partial charge in [-0.05, 0) is 41.8 Å². The van der Waals surface area contributed by atoms with Crippen LogP contribution in [-0.4, -0.2) is 23.4 Å². The number of aliphatic hydroxyl groups excluding tert-OH is 2. The van der Waals surface area contributed by atoms with Gasteiger partial charge in [0, 0.05) is 10.4 Å². The average Bonchev–Trinajstić information content (AvgIpc) is 2.49. The zero-order valence-electron chi connectivity index (χ0n) is 11.2. The van der Waals surface area contributed by atoms with Crippen LogP contribution in [0.25, 0.3) is 0 Å². The van der Waals surface area contributed by atoms with Gasteiger partial charge in [0.1, 0.15) is 0 Å². The number of hydrogen-bond donors (Lipinski definition) is 2. The first-order chi connectivity index (χ1) is 10.0. The second-order valence-electron chi connectivity index (χ2n) is 5.03. The molecule has 2 nitrogen and oxygen atoms in total. The van der Waals surface area contributed by atoms with E-state index in [4.69, 9.17) is 11.6 Å². The Balaban J connectivity index is 2.37. The van der Waals surface area contributed by atoms with Crippen molar-refractivity contribution in [2.24, 2.45) is 0 Å². The SMILES string of the molecule is OCC(CO)(Cc1ccc(F)c(F)c1)c1ccc(Cl)cc1. The summed E-state index contributed by atoms with van der Waals surface area (Å²) in [5.74, 6) is -1.88. The molecule has 0 saturated carbocycles. The normalized spacial score (nSPS) is 11.7. The largest absolute Gasteiger partial charge is 0.395 e. The van der Waals surface area contributed by atoms with Gasteiger partial charge in [0.25, 0.3) is 0 Å². The van der Waals surface area contributed by atoms with Crippen LogP contribution in [0.3, 0.4) is 0 Å². The highest BCUT2D eigenvalue weighted by atomic mass is 35.5. The van der Waals surface area contributed by atoms with Gasteiger partial charge in [0.05, 0.1) is 13.2 Å². The summed E-state index contributed by atoms with van der Waals surface area (Å²) in [4.78, 5) is 0. The van der Waals surface area contributed by atoms with E-state index in [0.29, 0.717) is 16.1 Å². The zero-order valence-corrected chi connectivity index (χ0v) is 11.9. The highest BCUT2D eigenvalue weighted by molar-refractivity contribution is 6.30. The molecule has 0 atom stereocenters. The van der Waals surface area contributed by atoms with Crippen molar-refractivity contribution in [2.75, 3.05) is 13.2 Å². The first-order valence-electron chi connectivity index (χ1n) is 6.42. The van der Waals surface area contributed by atoms with Gasteiger partial charge in [-0.15, -0.1) is 0 Å². The van der Waals surface area contributed by atoms with Gasteiger partial charge in [-0.25, -0.2) is 8.78 Å². The van der Waals surface area contributed by atoms with Gasteiger partial charge < -0.3 is 10.2 Å². The molecule has 0 spiro atoms. The molecule has 21 heavy (non-hydrogen) atoms. The van der Waals surface area contributed by atoms with Gasteiger partial charge in [0.2, 0.25) is 0 Å². The van der Waals surface area contributed by atoms with Crippen molar-refractivity contribution in [3.8, 4) is 0 Å². The lowest BCUT2D eigenvalue weighted by Crippen LogP contribution is -2.37. The van der Waals surface area contributed by atoms with Crippen molar-refractivity contribution in [2.45, 2.75) is 11.8 Å². The smallest absolute Gasteiger partial charge is 0.159 e.